The van der Waals surface area contributed by atoms with Crippen LogP contribution >= 0.6 is 0 Å². The van der Waals surface area contributed by atoms with Crippen LogP contribution in [0.15, 0.2) is 24.3 Å². The van der Waals surface area contributed by atoms with Crippen LogP contribution in [0.5, 0.6) is 0 Å². The lowest BCUT2D eigenvalue weighted by molar-refractivity contribution is -0.134. The largest absolute Gasteiger partial charge is 0.389 e. The van der Waals surface area contributed by atoms with Crippen LogP contribution in [0.25, 0.3) is 0 Å². The van der Waals surface area contributed by atoms with Crippen LogP contribution in [-0.2, 0) is 19.6 Å². The van der Waals surface area contributed by atoms with E-state index in [0.717, 1.165) is 44.8 Å². The zero-order valence-corrected chi connectivity index (χ0v) is 18.5. The second-order valence-corrected chi connectivity index (χ2v) is 9.36. The summed E-state index contributed by atoms with van der Waals surface area (Å²) in [6, 6.07) is 0.00210. The van der Waals surface area contributed by atoms with Crippen molar-refractivity contribution in [2.75, 3.05) is 12.8 Å². The standard InChI is InChI=1S/C21H36N2O5S/c1-3-4-7-12-19(24)16-15-18-11-10-14-21(26)23(18)17-9-6-5-8-13-20(25)22-29(2,27)28/h6,9,15-16,18-19,24H,3-5,7-8,10-14,17H2,1-2H3,(H,22,25)/b9-6-,16-15+/t18-,19?/m1/s1. The van der Waals surface area contributed by atoms with E-state index in [1.807, 2.05) is 33.9 Å². The van der Waals surface area contributed by atoms with Gasteiger partial charge in [0.1, 0.15) is 0 Å². The number of rotatable bonds is 13. The topological polar surface area (TPSA) is 104 Å². The van der Waals surface area contributed by atoms with Gasteiger partial charge in [-0.05, 0) is 32.1 Å². The van der Waals surface area contributed by atoms with Crippen LogP contribution in [0.1, 0.15) is 71.1 Å². The fourth-order valence-corrected chi connectivity index (χ4v) is 3.80. The number of amides is 2. The molecule has 0 aromatic carbocycles. The zero-order chi connectivity index (χ0) is 21.7. The van der Waals surface area contributed by atoms with Crippen molar-refractivity contribution in [1.82, 2.24) is 9.62 Å². The number of nitrogens with one attached hydrogen (secondary N) is 1. The van der Waals surface area contributed by atoms with Gasteiger partial charge in [-0.3, -0.25) is 14.3 Å². The molecule has 1 heterocycles. The van der Waals surface area contributed by atoms with Gasteiger partial charge in [-0.25, -0.2) is 8.42 Å². The first-order valence-corrected chi connectivity index (χ1v) is 12.4. The molecule has 1 fully saturated rings. The number of hydrogen-bond donors (Lipinski definition) is 2. The summed E-state index contributed by atoms with van der Waals surface area (Å²) in [4.78, 5) is 25.6. The molecule has 1 unspecified atom stereocenters. The van der Waals surface area contributed by atoms with Crippen molar-refractivity contribution in [2.45, 2.75) is 83.3 Å². The summed E-state index contributed by atoms with van der Waals surface area (Å²) in [5.41, 5.74) is 0. The van der Waals surface area contributed by atoms with E-state index in [1.165, 1.54) is 0 Å². The summed E-state index contributed by atoms with van der Waals surface area (Å²) in [6.07, 6.45) is 15.7. The van der Waals surface area contributed by atoms with Gasteiger partial charge in [-0.2, -0.15) is 0 Å². The van der Waals surface area contributed by atoms with Gasteiger partial charge in [0.05, 0.1) is 18.4 Å². The fourth-order valence-electron chi connectivity index (χ4n) is 3.28. The van der Waals surface area contributed by atoms with E-state index < -0.39 is 22.0 Å². The predicted octanol–water partition coefficient (Wildman–Crippen LogP) is 2.67. The third-order valence-corrected chi connectivity index (χ3v) is 5.41. The Labute approximate surface area is 175 Å². The Morgan fingerprint density at radius 2 is 2.07 bits per heavy atom. The van der Waals surface area contributed by atoms with Gasteiger partial charge >= 0.3 is 0 Å². The summed E-state index contributed by atoms with van der Waals surface area (Å²) in [5.74, 6) is -0.390. The number of allylic oxidation sites excluding steroid dienone is 1. The zero-order valence-electron chi connectivity index (χ0n) is 17.7. The minimum atomic E-state index is -3.50. The number of aliphatic hydroxyl groups is 1. The van der Waals surface area contributed by atoms with E-state index in [1.54, 1.807) is 0 Å². The number of hydrogen-bond acceptors (Lipinski definition) is 5. The molecule has 0 spiro atoms. The molecule has 1 aliphatic heterocycles. The van der Waals surface area contributed by atoms with E-state index in [4.69, 9.17) is 0 Å². The molecule has 0 aromatic heterocycles. The third-order valence-electron chi connectivity index (χ3n) is 4.81. The van der Waals surface area contributed by atoms with Gasteiger partial charge in [-0.15, -0.1) is 0 Å². The number of carbonyl (C=O) groups is 2. The highest BCUT2D eigenvalue weighted by Crippen LogP contribution is 2.20. The van der Waals surface area contributed by atoms with Gasteiger partial charge in [0.15, 0.2) is 0 Å². The van der Waals surface area contributed by atoms with Gasteiger partial charge in [0.25, 0.3) is 0 Å². The molecule has 2 atom stereocenters. The van der Waals surface area contributed by atoms with Crippen LogP contribution in [0.4, 0.5) is 0 Å². The highest BCUT2D eigenvalue weighted by atomic mass is 32.2. The number of carbonyl (C=O) groups excluding carboxylic acids is 2. The molecule has 29 heavy (non-hydrogen) atoms. The Hall–Kier alpha value is -1.67. The normalized spacial score (nSPS) is 19.2. The van der Waals surface area contributed by atoms with Crippen molar-refractivity contribution < 1.29 is 23.1 Å². The average Bonchev–Trinajstić information content (AvgIpc) is 2.63. The predicted molar refractivity (Wildman–Crippen MR) is 115 cm³/mol. The lowest BCUT2D eigenvalue weighted by Gasteiger charge is -2.33. The summed E-state index contributed by atoms with van der Waals surface area (Å²) in [6.45, 7) is 2.63. The van der Waals surface area contributed by atoms with Crippen LogP contribution in [0.3, 0.4) is 0 Å². The minimum Gasteiger partial charge on any atom is -0.389 e. The van der Waals surface area contributed by atoms with Crippen molar-refractivity contribution in [3.63, 3.8) is 0 Å². The number of likely N-dealkylation sites (tertiary alicyclic amines) is 1. The van der Waals surface area contributed by atoms with Crippen molar-refractivity contribution in [3.05, 3.63) is 24.3 Å². The molecule has 0 saturated carbocycles. The molecule has 0 bridgehead atoms. The lowest BCUT2D eigenvalue weighted by atomic mass is 10.00. The van der Waals surface area contributed by atoms with E-state index >= 15 is 0 Å². The van der Waals surface area contributed by atoms with Crippen molar-refractivity contribution >= 4 is 21.8 Å². The summed E-state index contributed by atoms with van der Waals surface area (Å²) in [7, 11) is -3.50. The summed E-state index contributed by atoms with van der Waals surface area (Å²) in [5, 5.41) is 10.1. The van der Waals surface area contributed by atoms with Crippen LogP contribution in [-0.4, -0.2) is 55.2 Å². The fraction of sp³-hybridized carbons (Fsp3) is 0.714. The van der Waals surface area contributed by atoms with E-state index in [-0.39, 0.29) is 18.4 Å². The first kappa shape index (κ1) is 25.4. The molecule has 2 N–H and O–H groups in total. The molecule has 0 radical (unpaired) electrons. The second-order valence-electron chi connectivity index (χ2n) is 7.61. The third kappa shape index (κ3) is 11.8. The van der Waals surface area contributed by atoms with Gasteiger partial charge in [0.2, 0.25) is 21.8 Å². The molecule has 8 heteroatoms. The van der Waals surface area contributed by atoms with E-state index in [0.29, 0.717) is 25.8 Å². The average molecular weight is 429 g/mol. The molecule has 2 amide bonds. The first-order valence-electron chi connectivity index (χ1n) is 10.5. The number of unbranched alkanes of at least 4 members (excludes halogenated alkanes) is 3. The molecule has 166 valence electrons. The van der Waals surface area contributed by atoms with Crippen molar-refractivity contribution in [1.29, 1.82) is 0 Å². The smallest absolute Gasteiger partial charge is 0.233 e. The van der Waals surface area contributed by atoms with Gasteiger partial charge in [-0.1, -0.05) is 50.5 Å². The Kier molecular flexibility index (Phi) is 11.8. The number of piperidine rings is 1. The molecule has 0 aliphatic carbocycles. The SMILES string of the molecule is CCCCCC(O)/C=C/[C@H]1CCCC(=O)N1C/C=C\CCCC(=O)NS(C)(=O)=O. The van der Waals surface area contributed by atoms with E-state index in [2.05, 4.69) is 6.92 Å². The molecule has 0 aromatic rings. The van der Waals surface area contributed by atoms with Crippen LogP contribution < -0.4 is 4.72 Å². The van der Waals surface area contributed by atoms with Gasteiger partial charge in [0, 0.05) is 19.4 Å². The summed E-state index contributed by atoms with van der Waals surface area (Å²) >= 11 is 0. The molecule has 7 nitrogen and oxygen atoms in total. The van der Waals surface area contributed by atoms with E-state index in [9.17, 15) is 23.1 Å². The monoisotopic (exact) mass is 428 g/mol. The van der Waals surface area contributed by atoms with Crippen LogP contribution in [0, 0.1) is 0 Å². The maximum atomic E-state index is 12.3. The number of nitrogens with zero attached hydrogens (tertiary/aromatic N) is 1. The lowest BCUT2D eigenvalue weighted by Crippen LogP contribution is -2.42. The number of sulfonamides is 1. The molecule has 1 aliphatic rings. The Morgan fingerprint density at radius 3 is 2.76 bits per heavy atom. The molecule has 1 rings (SSSR count). The Balaban J connectivity index is 2.42. The first-order chi connectivity index (χ1) is 13.7. The highest BCUT2D eigenvalue weighted by molar-refractivity contribution is 7.89. The molecular formula is C21H36N2O5S. The maximum Gasteiger partial charge on any atom is 0.233 e. The Morgan fingerprint density at radius 1 is 1.31 bits per heavy atom. The summed E-state index contributed by atoms with van der Waals surface area (Å²) < 4.78 is 23.9. The second kappa shape index (κ2) is 13.5. The van der Waals surface area contributed by atoms with Crippen LogP contribution in [0.2, 0.25) is 0 Å². The van der Waals surface area contributed by atoms with Crippen molar-refractivity contribution in [2.24, 2.45) is 0 Å². The maximum absolute atomic E-state index is 12.3. The highest BCUT2D eigenvalue weighted by Gasteiger charge is 2.25. The minimum absolute atomic E-state index is 0.00210. The molecular weight excluding hydrogens is 392 g/mol. The Bertz CT molecular complexity index is 673. The molecule has 1 saturated heterocycles. The number of aliphatic hydroxyl groups excluding tert-OH is 1. The van der Waals surface area contributed by atoms with Gasteiger partial charge < -0.3 is 10.0 Å². The quantitative estimate of drug-likeness (QED) is 0.347. The van der Waals surface area contributed by atoms with Crippen molar-refractivity contribution in [3.8, 4) is 0 Å².